The highest BCUT2D eigenvalue weighted by molar-refractivity contribution is 7.10. The van der Waals surface area contributed by atoms with Crippen molar-refractivity contribution >= 4 is 23.2 Å². The van der Waals surface area contributed by atoms with Crippen molar-refractivity contribution in [2.75, 3.05) is 32.7 Å². The maximum absolute atomic E-state index is 13.5. The minimum Gasteiger partial charge on any atom is -0.338 e. The zero-order valence-electron chi connectivity index (χ0n) is 20.7. The lowest BCUT2D eigenvalue weighted by Gasteiger charge is -2.42. The lowest BCUT2D eigenvalue weighted by Crippen LogP contribution is -2.57. The Labute approximate surface area is 212 Å². The van der Waals surface area contributed by atoms with Gasteiger partial charge >= 0.3 is 0 Å². The molecule has 2 aromatic carbocycles. The molecule has 6 heteroatoms. The van der Waals surface area contributed by atoms with E-state index in [2.05, 4.69) is 47.5 Å². The monoisotopic (exact) mass is 487 g/mol. The highest BCUT2D eigenvalue weighted by atomic mass is 32.1. The fourth-order valence-corrected chi connectivity index (χ4v) is 6.32. The summed E-state index contributed by atoms with van der Waals surface area (Å²) in [6, 6.07) is 18.6. The smallest absolute Gasteiger partial charge is 0.254 e. The van der Waals surface area contributed by atoms with E-state index in [1.807, 2.05) is 59.2 Å². The molecule has 3 heterocycles. The van der Waals surface area contributed by atoms with Crippen LogP contribution in [0.5, 0.6) is 0 Å². The number of carbonyl (C=O) groups is 2. The van der Waals surface area contributed by atoms with Crippen molar-refractivity contribution in [2.45, 2.75) is 39.3 Å². The third-order valence-electron chi connectivity index (χ3n) is 7.43. The number of amides is 2. The molecule has 1 fully saturated rings. The number of hydrogen-bond acceptors (Lipinski definition) is 4. The van der Waals surface area contributed by atoms with E-state index in [9.17, 15) is 9.59 Å². The molecule has 5 nitrogen and oxygen atoms in total. The molecule has 0 unspecified atom stereocenters. The third-order valence-corrected chi connectivity index (χ3v) is 8.42. The van der Waals surface area contributed by atoms with Crippen molar-refractivity contribution in [3.8, 4) is 0 Å². The number of thiophene rings is 1. The number of piperazine rings is 1. The van der Waals surface area contributed by atoms with Crippen LogP contribution < -0.4 is 0 Å². The molecular weight excluding hydrogens is 454 g/mol. The quantitative estimate of drug-likeness (QED) is 0.537. The normalized spacial score (nSPS) is 20.5. The number of carbonyl (C=O) groups excluding carboxylic acids is 2. The first-order chi connectivity index (χ1) is 16.9. The Hall–Kier alpha value is -2.96. The van der Waals surface area contributed by atoms with Crippen molar-refractivity contribution in [3.05, 3.63) is 92.7 Å². The Kier molecular flexibility index (Phi) is 6.76. The van der Waals surface area contributed by atoms with Gasteiger partial charge in [-0.25, -0.2) is 0 Å². The number of hydrogen-bond donors (Lipinski definition) is 0. The average Bonchev–Trinajstić information content (AvgIpc) is 3.33. The zero-order valence-corrected chi connectivity index (χ0v) is 21.6. The highest BCUT2D eigenvalue weighted by Gasteiger charge is 2.35. The van der Waals surface area contributed by atoms with Crippen LogP contribution in [0.3, 0.4) is 0 Å². The minimum absolute atomic E-state index is 0.0153. The molecule has 0 radical (unpaired) electrons. The van der Waals surface area contributed by atoms with Crippen molar-refractivity contribution in [1.29, 1.82) is 0 Å². The molecule has 3 aromatic rings. The van der Waals surface area contributed by atoms with E-state index in [1.165, 1.54) is 21.6 Å². The summed E-state index contributed by atoms with van der Waals surface area (Å²) in [4.78, 5) is 34.2. The molecule has 1 aromatic heterocycles. The highest BCUT2D eigenvalue weighted by Crippen LogP contribution is 2.38. The molecule has 5 rings (SSSR count). The molecule has 35 heavy (non-hydrogen) atoms. The summed E-state index contributed by atoms with van der Waals surface area (Å²) >= 11 is 1.82. The second-order valence-electron chi connectivity index (χ2n) is 9.83. The van der Waals surface area contributed by atoms with Gasteiger partial charge in [-0.15, -0.1) is 11.3 Å². The first kappa shape index (κ1) is 23.8. The predicted molar refractivity (Wildman–Crippen MR) is 141 cm³/mol. The second-order valence-corrected chi connectivity index (χ2v) is 10.8. The van der Waals surface area contributed by atoms with Gasteiger partial charge in [0.1, 0.15) is 0 Å². The predicted octanol–water partition coefficient (Wildman–Crippen LogP) is 4.69. The summed E-state index contributed by atoms with van der Waals surface area (Å²) in [6.45, 7) is 9.20. The van der Waals surface area contributed by atoms with Gasteiger partial charge in [0.2, 0.25) is 5.91 Å². The Morgan fingerprint density at radius 3 is 2.46 bits per heavy atom. The fourth-order valence-electron chi connectivity index (χ4n) is 5.42. The van der Waals surface area contributed by atoms with Crippen LogP contribution in [0, 0.1) is 13.8 Å². The van der Waals surface area contributed by atoms with E-state index < -0.39 is 0 Å². The summed E-state index contributed by atoms with van der Waals surface area (Å²) < 4.78 is 0. The van der Waals surface area contributed by atoms with Gasteiger partial charge in [0.25, 0.3) is 5.91 Å². The van der Waals surface area contributed by atoms with Crippen molar-refractivity contribution in [2.24, 2.45) is 0 Å². The van der Waals surface area contributed by atoms with Gasteiger partial charge in [0, 0.05) is 42.7 Å². The lowest BCUT2D eigenvalue weighted by atomic mass is 9.90. The summed E-state index contributed by atoms with van der Waals surface area (Å²) in [6.07, 6.45) is 0.984. The molecular formula is C29H33N3O2S. The molecule has 0 aliphatic carbocycles. The van der Waals surface area contributed by atoms with Gasteiger partial charge < -0.3 is 9.80 Å². The van der Waals surface area contributed by atoms with Crippen LogP contribution in [-0.2, 0) is 11.2 Å². The molecule has 0 bridgehead atoms. The molecule has 1 saturated heterocycles. The number of fused-ring (bicyclic) bond motifs is 1. The number of aryl methyl sites for hydroxylation is 2. The molecule has 0 N–H and O–H groups in total. The van der Waals surface area contributed by atoms with Gasteiger partial charge in [-0.3, -0.25) is 14.5 Å². The lowest BCUT2D eigenvalue weighted by molar-refractivity contribution is -0.135. The van der Waals surface area contributed by atoms with Gasteiger partial charge in [0.05, 0.1) is 12.6 Å². The number of rotatable bonds is 4. The molecule has 2 aliphatic heterocycles. The first-order valence-electron chi connectivity index (χ1n) is 12.4. The van der Waals surface area contributed by atoms with E-state index in [1.54, 1.807) is 0 Å². The molecule has 2 amide bonds. The maximum atomic E-state index is 13.5. The van der Waals surface area contributed by atoms with Crippen LogP contribution in [-0.4, -0.2) is 65.3 Å². The molecule has 2 aliphatic rings. The SMILES string of the molecule is Cc1ccc(C(=O)N2CCN(C(=O)CN3CCc4sccc4[C@@H]3c3ccccc3C)C[C@@H]2C)cc1. The van der Waals surface area contributed by atoms with E-state index in [-0.39, 0.29) is 23.9 Å². The standard InChI is InChI=1S/C29H33N3O2S/c1-20-8-10-23(11-9-20)29(34)32-16-15-30(18-22(32)3)27(33)19-31-14-12-26-25(13-17-35-26)28(31)24-7-5-4-6-21(24)2/h4-11,13,17,22,28H,12,14-16,18-19H2,1-3H3/t22-,28-/m0/s1. The van der Waals surface area contributed by atoms with E-state index >= 15 is 0 Å². The van der Waals surface area contributed by atoms with Crippen LogP contribution in [0.25, 0.3) is 0 Å². The van der Waals surface area contributed by atoms with Gasteiger partial charge in [-0.1, -0.05) is 42.0 Å². The number of benzene rings is 2. The molecule has 2 atom stereocenters. The van der Waals surface area contributed by atoms with Crippen LogP contribution in [0.2, 0.25) is 0 Å². The Bertz CT molecular complexity index is 1220. The largest absolute Gasteiger partial charge is 0.338 e. The van der Waals surface area contributed by atoms with Crippen LogP contribution in [0.4, 0.5) is 0 Å². The van der Waals surface area contributed by atoms with Crippen LogP contribution >= 0.6 is 11.3 Å². The summed E-state index contributed by atoms with van der Waals surface area (Å²) in [5.41, 5.74) is 5.72. The fraction of sp³-hybridized carbons (Fsp3) is 0.379. The summed E-state index contributed by atoms with van der Waals surface area (Å²) in [5, 5.41) is 2.17. The van der Waals surface area contributed by atoms with Crippen LogP contribution in [0.15, 0.2) is 60.0 Å². The minimum atomic E-state index is -0.0153. The topological polar surface area (TPSA) is 43.9 Å². The molecule has 0 saturated carbocycles. The van der Waals surface area contributed by atoms with E-state index in [0.717, 1.165) is 18.5 Å². The third kappa shape index (κ3) is 4.78. The van der Waals surface area contributed by atoms with Crippen molar-refractivity contribution in [3.63, 3.8) is 0 Å². The second kappa shape index (κ2) is 9.96. The number of nitrogens with zero attached hydrogens (tertiary/aromatic N) is 3. The van der Waals surface area contributed by atoms with Crippen molar-refractivity contribution in [1.82, 2.24) is 14.7 Å². The summed E-state index contributed by atoms with van der Waals surface area (Å²) in [5.74, 6) is 0.196. The van der Waals surface area contributed by atoms with Crippen molar-refractivity contribution < 1.29 is 9.59 Å². The maximum Gasteiger partial charge on any atom is 0.254 e. The Morgan fingerprint density at radius 1 is 0.943 bits per heavy atom. The molecule has 0 spiro atoms. The van der Waals surface area contributed by atoms with Crippen LogP contribution in [0.1, 0.15) is 50.5 Å². The zero-order chi connectivity index (χ0) is 24.5. The average molecular weight is 488 g/mol. The van der Waals surface area contributed by atoms with E-state index in [0.29, 0.717) is 31.7 Å². The van der Waals surface area contributed by atoms with Gasteiger partial charge in [-0.05, 0) is 67.5 Å². The van der Waals surface area contributed by atoms with Gasteiger partial charge in [-0.2, -0.15) is 0 Å². The first-order valence-corrected chi connectivity index (χ1v) is 13.3. The molecule has 182 valence electrons. The van der Waals surface area contributed by atoms with E-state index in [4.69, 9.17) is 0 Å². The Morgan fingerprint density at radius 2 is 1.71 bits per heavy atom. The van der Waals surface area contributed by atoms with Gasteiger partial charge in [0.15, 0.2) is 0 Å². The Balaban J connectivity index is 1.28. The summed E-state index contributed by atoms with van der Waals surface area (Å²) in [7, 11) is 0.